The number of aliphatic imine (C=N–C) groups is 1. The van der Waals surface area contributed by atoms with Crippen LogP contribution in [0.15, 0.2) is 28.7 Å². The summed E-state index contributed by atoms with van der Waals surface area (Å²) in [7, 11) is 1.74. The highest BCUT2D eigenvalue weighted by atomic mass is 32.1. The van der Waals surface area contributed by atoms with Crippen LogP contribution in [0.2, 0.25) is 0 Å². The molecule has 3 N–H and O–H groups in total. The minimum Gasteiger partial charge on any atom is -0.493 e. The van der Waals surface area contributed by atoms with Gasteiger partial charge in [-0.15, -0.1) is 11.3 Å². The smallest absolute Gasteiger partial charge is 0.263 e. The molecule has 8 heteroatoms. The fraction of sp³-hybridized carbons (Fsp3) is 0.421. The molecule has 0 atom stereocenters. The summed E-state index contributed by atoms with van der Waals surface area (Å²) >= 11 is 1.36. The Morgan fingerprint density at radius 2 is 2.07 bits per heavy atom. The van der Waals surface area contributed by atoms with Gasteiger partial charge in [0.1, 0.15) is 10.6 Å². The van der Waals surface area contributed by atoms with E-state index in [4.69, 9.17) is 4.74 Å². The zero-order valence-electron chi connectivity index (χ0n) is 15.7. The Hall–Kier alpha value is -2.61. The predicted octanol–water partition coefficient (Wildman–Crippen LogP) is 1.52. The van der Waals surface area contributed by atoms with Gasteiger partial charge in [0.25, 0.3) is 5.91 Å². The summed E-state index contributed by atoms with van der Waals surface area (Å²) in [6, 6.07) is 6.38. The second kappa shape index (κ2) is 9.36. The Kier molecular flexibility index (Phi) is 6.64. The second-order valence-corrected chi connectivity index (χ2v) is 7.09. The monoisotopic (exact) mass is 387 g/mol. The fourth-order valence-electron chi connectivity index (χ4n) is 2.90. The highest BCUT2D eigenvalue weighted by molar-refractivity contribution is 7.11. The Labute approximate surface area is 163 Å². The van der Waals surface area contributed by atoms with Gasteiger partial charge in [-0.05, 0) is 30.5 Å². The van der Waals surface area contributed by atoms with Gasteiger partial charge < -0.3 is 20.7 Å². The van der Waals surface area contributed by atoms with Crippen LogP contribution in [0.25, 0.3) is 0 Å². The Morgan fingerprint density at radius 3 is 2.85 bits per heavy atom. The zero-order valence-corrected chi connectivity index (χ0v) is 16.5. The number of benzene rings is 1. The number of nitrogens with zero attached hydrogens (tertiary/aromatic N) is 2. The standard InChI is InChI=1S/C19H25N5O2S/c1-13-17(27-12-24-13)18(25)21-8-9-23-19(20-2)22-7-5-14-3-4-16-15(11-14)6-10-26-16/h3-4,11-12H,5-10H2,1-2H3,(H,21,25)(H2,20,22,23). The molecular formula is C19H25N5O2S. The molecule has 0 saturated carbocycles. The third-order valence-corrected chi connectivity index (χ3v) is 5.27. The average Bonchev–Trinajstić information content (AvgIpc) is 3.31. The largest absolute Gasteiger partial charge is 0.493 e. The molecule has 3 rings (SSSR count). The topological polar surface area (TPSA) is 87.6 Å². The molecule has 1 aromatic heterocycles. The molecule has 0 radical (unpaired) electrons. The summed E-state index contributed by atoms with van der Waals surface area (Å²) in [5.74, 6) is 1.66. The summed E-state index contributed by atoms with van der Waals surface area (Å²) in [5, 5.41) is 9.39. The normalized spacial score (nSPS) is 13.0. The minimum absolute atomic E-state index is 0.0830. The number of amides is 1. The first kappa shape index (κ1) is 19.2. The van der Waals surface area contributed by atoms with E-state index in [1.807, 2.05) is 6.92 Å². The first-order valence-corrected chi connectivity index (χ1v) is 9.92. The van der Waals surface area contributed by atoms with Crippen LogP contribution in [0.1, 0.15) is 26.5 Å². The van der Waals surface area contributed by atoms with Crippen LogP contribution < -0.4 is 20.7 Å². The number of ether oxygens (including phenoxy) is 1. The number of hydrogen-bond donors (Lipinski definition) is 3. The van der Waals surface area contributed by atoms with E-state index >= 15 is 0 Å². The molecule has 1 aliphatic rings. The molecule has 0 unspecified atom stereocenters. The molecule has 0 fully saturated rings. The highest BCUT2D eigenvalue weighted by Gasteiger charge is 2.12. The van der Waals surface area contributed by atoms with Gasteiger partial charge in [-0.25, -0.2) is 4.98 Å². The van der Waals surface area contributed by atoms with Crippen molar-refractivity contribution >= 4 is 23.2 Å². The summed E-state index contributed by atoms with van der Waals surface area (Å²) < 4.78 is 5.54. The van der Waals surface area contributed by atoms with Gasteiger partial charge in [0.05, 0.1) is 17.8 Å². The number of aryl methyl sites for hydroxylation is 1. The molecule has 7 nitrogen and oxygen atoms in total. The number of nitrogens with one attached hydrogen (secondary N) is 3. The molecule has 27 heavy (non-hydrogen) atoms. The molecule has 0 aliphatic carbocycles. The highest BCUT2D eigenvalue weighted by Crippen LogP contribution is 2.25. The van der Waals surface area contributed by atoms with Crippen molar-refractivity contribution in [1.29, 1.82) is 0 Å². The van der Waals surface area contributed by atoms with Crippen molar-refractivity contribution in [2.45, 2.75) is 19.8 Å². The van der Waals surface area contributed by atoms with Crippen LogP contribution in [0.5, 0.6) is 5.75 Å². The van der Waals surface area contributed by atoms with E-state index in [2.05, 4.69) is 44.1 Å². The lowest BCUT2D eigenvalue weighted by Crippen LogP contribution is -2.42. The zero-order chi connectivity index (χ0) is 19.1. The Balaban J connectivity index is 1.35. The number of thiazole rings is 1. The van der Waals surface area contributed by atoms with Crippen molar-refractivity contribution in [3.8, 4) is 5.75 Å². The molecule has 1 amide bonds. The molecule has 0 saturated heterocycles. The average molecular weight is 388 g/mol. The van der Waals surface area contributed by atoms with E-state index in [-0.39, 0.29) is 5.91 Å². The van der Waals surface area contributed by atoms with Crippen LogP contribution in [-0.2, 0) is 12.8 Å². The van der Waals surface area contributed by atoms with Crippen LogP contribution in [0, 0.1) is 6.92 Å². The first-order valence-electron chi connectivity index (χ1n) is 9.05. The molecule has 0 spiro atoms. The van der Waals surface area contributed by atoms with Gasteiger partial charge in [0, 0.05) is 33.1 Å². The van der Waals surface area contributed by atoms with Crippen LogP contribution in [0.4, 0.5) is 0 Å². The Morgan fingerprint density at radius 1 is 1.26 bits per heavy atom. The lowest BCUT2D eigenvalue weighted by molar-refractivity contribution is 0.0957. The third kappa shape index (κ3) is 5.19. The third-order valence-electron chi connectivity index (χ3n) is 4.34. The van der Waals surface area contributed by atoms with E-state index in [1.165, 1.54) is 22.5 Å². The quantitative estimate of drug-likeness (QED) is 0.381. The number of fused-ring (bicyclic) bond motifs is 1. The van der Waals surface area contributed by atoms with E-state index in [9.17, 15) is 4.79 Å². The first-order chi connectivity index (χ1) is 13.2. The Bertz CT molecular complexity index is 818. The SMILES string of the molecule is CN=C(NCCNC(=O)c1scnc1C)NCCc1ccc2c(c1)CCO2. The van der Waals surface area contributed by atoms with Gasteiger partial charge in [-0.2, -0.15) is 0 Å². The maximum Gasteiger partial charge on any atom is 0.263 e. The summed E-state index contributed by atoms with van der Waals surface area (Å²) in [5.41, 5.74) is 5.03. The van der Waals surface area contributed by atoms with Crippen molar-refractivity contribution in [3.63, 3.8) is 0 Å². The predicted molar refractivity (Wildman–Crippen MR) is 108 cm³/mol. The lowest BCUT2D eigenvalue weighted by atomic mass is 10.1. The van der Waals surface area contributed by atoms with E-state index in [0.717, 1.165) is 43.4 Å². The number of guanidine groups is 1. The van der Waals surface area contributed by atoms with Crippen molar-refractivity contribution in [2.75, 3.05) is 33.3 Å². The number of aromatic nitrogens is 1. The van der Waals surface area contributed by atoms with E-state index in [1.54, 1.807) is 12.6 Å². The van der Waals surface area contributed by atoms with Gasteiger partial charge in [-0.1, -0.05) is 12.1 Å². The van der Waals surface area contributed by atoms with Crippen molar-refractivity contribution in [2.24, 2.45) is 4.99 Å². The molecule has 0 bridgehead atoms. The summed E-state index contributed by atoms with van der Waals surface area (Å²) in [6.45, 7) is 4.52. The molecule has 1 aromatic carbocycles. The van der Waals surface area contributed by atoms with Gasteiger partial charge in [-0.3, -0.25) is 9.79 Å². The van der Waals surface area contributed by atoms with E-state index < -0.39 is 0 Å². The van der Waals surface area contributed by atoms with Crippen LogP contribution >= 0.6 is 11.3 Å². The molecule has 1 aliphatic heterocycles. The summed E-state index contributed by atoms with van der Waals surface area (Å²) in [4.78, 5) is 21.0. The van der Waals surface area contributed by atoms with Gasteiger partial charge in [0.15, 0.2) is 5.96 Å². The minimum atomic E-state index is -0.0830. The van der Waals surface area contributed by atoms with Crippen molar-refractivity contribution in [3.05, 3.63) is 45.4 Å². The molecular weight excluding hydrogens is 362 g/mol. The molecule has 144 valence electrons. The van der Waals surface area contributed by atoms with E-state index in [0.29, 0.717) is 18.0 Å². The van der Waals surface area contributed by atoms with Crippen molar-refractivity contribution in [1.82, 2.24) is 20.9 Å². The summed E-state index contributed by atoms with van der Waals surface area (Å²) in [6.07, 6.45) is 1.90. The van der Waals surface area contributed by atoms with Gasteiger partial charge in [0.2, 0.25) is 0 Å². The van der Waals surface area contributed by atoms with Crippen LogP contribution in [0.3, 0.4) is 0 Å². The maximum atomic E-state index is 12.0. The van der Waals surface area contributed by atoms with Crippen LogP contribution in [-0.4, -0.2) is 50.1 Å². The number of carbonyl (C=O) groups excluding carboxylic acids is 1. The molecule has 2 heterocycles. The maximum absolute atomic E-state index is 12.0. The second-order valence-electron chi connectivity index (χ2n) is 6.24. The number of hydrogen-bond acceptors (Lipinski definition) is 5. The lowest BCUT2D eigenvalue weighted by Gasteiger charge is -2.12. The number of carbonyl (C=O) groups is 1. The fourth-order valence-corrected chi connectivity index (χ4v) is 3.62. The number of rotatable bonds is 7. The van der Waals surface area contributed by atoms with Crippen molar-refractivity contribution < 1.29 is 9.53 Å². The molecule has 2 aromatic rings. The van der Waals surface area contributed by atoms with Gasteiger partial charge >= 0.3 is 0 Å².